The number of benzene rings is 2. The van der Waals surface area contributed by atoms with Gasteiger partial charge in [0.15, 0.2) is 0 Å². The molecule has 1 unspecified atom stereocenters. The van der Waals surface area contributed by atoms with Gasteiger partial charge in [-0.25, -0.2) is 8.42 Å². The second-order valence-corrected chi connectivity index (χ2v) is 9.94. The molecule has 4 rings (SSSR count). The number of aryl methyl sites for hydroxylation is 1. The van der Waals surface area contributed by atoms with E-state index in [0.29, 0.717) is 11.3 Å². The lowest BCUT2D eigenvalue weighted by Gasteiger charge is -2.46. The van der Waals surface area contributed by atoms with Gasteiger partial charge in [-0.1, -0.05) is 55.0 Å². The number of nitro groups is 1. The number of hydrogen-bond acceptors (Lipinski definition) is 6. The van der Waals surface area contributed by atoms with Gasteiger partial charge in [0.05, 0.1) is 17.1 Å². The van der Waals surface area contributed by atoms with E-state index in [-0.39, 0.29) is 4.90 Å². The Kier molecular flexibility index (Phi) is 5.89. The quantitative estimate of drug-likeness (QED) is 0.462. The number of aliphatic hydroxyl groups excluding tert-OH is 1. The molecule has 0 amide bonds. The molecule has 0 aliphatic carbocycles. The van der Waals surface area contributed by atoms with Gasteiger partial charge in [-0.05, 0) is 36.8 Å². The third-order valence-corrected chi connectivity index (χ3v) is 7.98. The van der Waals surface area contributed by atoms with E-state index in [2.05, 4.69) is 0 Å². The molecule has 1 fully saturated rings. The van der Waals surface area contributed by atoms with Gasteiger partial charge >= 0.3 is 0 Å². The minimum absolute atomic E-state index is 0.0335. The van der Waals surface area contributed by atoms with E-state index in [4.69, 9.17) is 4.42 Å². The zero-order chi connectivity index (χ0) is 23.0. The highest BCUT2D eigenvalue weighted by molar-refractivity contribution is 7.89. The zero-order valence-corrected chi connectivity index (χ0v) is 18.4. The average Bonchev–Trinajstić information content (AvgIpc) is 3.30. The molecule has 168 valence electrons. The van der Waals surface area contributed by atoms with Crippen LogP contribution in [0.25, 0.3) is 0 Å². The molecule has 2 heterocycles. The molecule has 0 radical (unpaired) electrons. The number of furan rings is 1. The molecule has 3 aromatic rings. The minimum atomic E-state index is -4.27. The summed E-state index contributed by atoms with van der Waals surface area (Å²) >= 11 is 0. The molecule has 8 nitrogen and oxygen atoms in total. The fourth-order valence-corrected chi connectivity index (χ4v) is 6.26. The highest BCUT2D eigenvalue weighted by atomic mass is 32.2. The molecule has 5 atom stereocenters. The normalized spacial score (nSPS) is 26.7. The molecular formula is C23H24N2O6S. The molecule has 0 bridgehead atoms. The zero-order valence-electron chi connectivity index (χ0n) is 17.6. The van der Waals surface area contributed by atoms with Gasteiger partial charge < -0.3 is 9.52 Å². The van der Waals surface area contributed by atoms with Crippen molar-refractivity contribution >= 4 is 10.0 Å². The Labute approximate surface area is 186 Å². The molecule has 1 aliphatic heterocycles. The van der Waals surface area contributed by atoms with Crippen molar-refractivity contribution in [3.63, 3.8) is 0 Å². The number of sulfonamides is 1. The lowest BCUT2D eigenvalue weighted by molar-refractivity contribution is -0.543. The molecule has 32 heavy (non-hydrogen) atoms. The molecule has 0 spiro atoms. The van der Waals surface area contributed by atoms with Crippen molar-refractivity contribution in [3.8, 4) is 0 Å². The van der Waals surface area contributed by atoms with Crippen LogP contribution in [0.15, 0.2) is 82.3 Å². The standard InChI is InChI=1S/C23H24N2O6S/c1-15-10-12-18(13-11-15)32(29,30)24-21(17-7-4-3-5-8-17)22(25(27)28)20(16(2)23(24)26)19-9-6-14-31-19/h3-14,16,20-23,26H,1-2H3/t16-,20+,21-,22+,23?/m1/s1. The molecular weight excluding hydrogens is 432 g/mol. The Balaban J connectivity index is 1.94. The first-order valence-electron chi connectivity index (χ1n) is 10.2. The molecule has 1 aromatic heterocycles. The summed E-state index contributed by atoms with van der Waals surface area (Å²) in [5.41, 5.74) is 1.30. The summed E-state index contributed by atoms with van der Waals surface area (Å²) in [6.07, 6.45) is -0.0870. The summed E-state index contributed by atoms with van der Waals surface area (Å²) in [7, 11) is -4.27. The highest BCUT2D eigenvalue weighted by Gasteiger charge is 2.59. The molecule has 1 aliphatic rings. The Morgan fingerprint density at radius 3 is 2.25 bits per heavy atom. The van der Waals surface area contributed by atoms with E-state index < -0.39 is 45.1 Å². The van der Waals surface area contributed by atoms with E-state index in [1.165, 1.54) is 18.4 Å². The molecule has 0 saturated carbocycles. The Morgan fingerprint density at radius 2 is 1.69 bits per heavy atom. The number of hydrogen-bond donors (Lipinski definition) is 1. The van der Waals surface area contributed by atoms with Crippen LogP contribution in [0.1, 0.15) is 35.8 Å². The van der Waals surface area contributed by atoms with Crippen LogP contribution >= 0.6 is 0 Å². The fraction of sp³-hybridized carbons (Fsp3) is 0.304. The van der Waals surface area contributed by atoms with Crippen molar-refractivity contribution in [2.75, 3.05) is 0 Å². The summed E-state index contributed by atoms with van der Waals surface area (Å²) in [6.45, 7) is 3.44. The van der Waals surface area contributed by atoms with E-state index in [0.717, 1.165) is 9.87 Å². The van der Waals surface area contributed by atoms with E-state index in [1.54, 1.807) is 61.5 Å². The molecule has 1 N–H and O–H groups in total. The van der Waals surface area contributed by atoms with Crippen LogP contribution in [-0.2, 0) is 10.0 Å². The van der Waals surface area contributed by atoms with Gasteiger partial charge in [0, 0.05) is 10.8 Å². The Morgan fingerprint density at radius 1 is 1.03 bits per heavy atom. The van der Waals surface area contributed by atoms with Gasteiger partial charge in [0.1, 0.15) is 18.0 Å². The van der Waals surface area contributed by atoms with Crippen LogP contribution < -0.4 is 0 Å². The smallest absolute Gasteiger partial charge is 0.246 e. The van der Waals surface area contributed by atoms with Gasteiger partial charge in [0.2, 0.25) is 16.1 Å². The van der Waals surface area contributed by atoms with Crippen LogP contribution in [0.2, 0.25) is 0 Å². The summed E-state index contributed by atoms with van der Waals surface area (Å²) < 4.78 is 33.8. The summed E-state index contributed by atoms with van der Waals surface area (Å²) in [5.74, 6) is -1.28. The Hall–Kier alpha value is -3.01. The predicted octanol–water partition coefficient (Wildman–Crippen LogP) is 3.72. The number of aliphatic hydroxyl groups is 1. The van der Waals surface area contributed by atoms with Gasteiger partial charge in [-0.15, -0.1) is 0 Å². The van der Waals surface area contributed by atoms with E-state index in [9.17, 15) is 23.6 Å². The van der Waals surface area contributed by atoms with Gasteiger partial charge in [-0.3, -0.25) is 10.1 Å². The second kappa shape index (κ2) is 8.50. The minimum Gasteiger partial charge on any atom is -0.469 e. The maximum atomic E-state index is 13.7. The van der Waals surface area contributed by atoms with Crippen LogP contribution in [0.4, 0.5) is 0 Å². The van der Waals surface area contributed by atoms with E-state index >= 15 is 0 Å². The predicted molar refractivity (Wildman–Crippen MR) is 117 cm³/mol. The van der Waals surface area contributed by atoms with Crippen molar-refractivity contribution in [3.05, 3.63) is 100.0 Å². The fourth-order valence-electron chi connectivity index (χ4n) is 4.51. The number of piperidine rings is 1. The third-order valence-electron chi connectivity index (χ3n) is 6.12. The van der Waals surface area contributed by atoms with Crippen LogP contribution in [0.5, 0.6) is 0 Å². The summed E-state index contributed by atoms with van der Waals surface area (Å²) in [5, 5.41) is 23.7. The second-order valence-electron chi connectivity index (χ2n) is 8.09. The SMILES string of the molecule is Cc1ccc(S(=O)(=O)N2C(O)[C@H](C)[C@@H](c3ccco3)[C@H]([N+](=O)[O-])[C@H]2c2ccccc2)cc1. The molecule has 9 heteroatoms. The number of nitrogens with zero attached hydrogens (tertiary/aromatic N) is 2. The first-order valence-corrected chi connectivity index (χ1v) is 11.7. The van der Waals surface area contributed by atoms with Crippen LogP contribution in [0.3, 0.4) is 0 Å². The van der Waals surface area contributed by atoms with Crippen molar-refractivity contribution in [1.82, 2.24) is 4.31 Å². The first kappa shape index (κ1) is 22.2. The van der Waals surface area contributed by atoms with Crippen LogP contribution in [-0.4, -0.2) is 35.0 Å². The lowest BCUT2D eigenvalue weighted by atomic mass is 9.75. The average molecular weight is 457 g/mol. The van der Waals surface area contributed by atoms with Gasteiger partial charge in [-0.2, -0.15) is 4.31 Å². The highest BCUT2D eigenvalue weighted by Crippen LogP contribution is 2.48. The topological polar surface area (TPSA) is 114 Å². The van der Waals surface area contributed by atoms with E-state index in [1.807, 2.05) is 6.92 Å². The lowest BCUT2D eigenvalue weighted by Crippen LogP contribution is -2.59. The van der Waals surface area contributed by atoms with Gasteiger partial charge in [0.25, 0.3) is 0 Å². The van der Waals surface area contributed by atoms with Crippen LogP contribution in [0, 0.1) is 23.0 Å². The monoisotopic (exact) mass is 456 g/mol. The largest absolute Gasteiger partial charge is 0.469 e. The maximum absolute atomic E-state index is 13.7. The van der Waals surface area contributed by atoms with Crippen molar-refractivity contribution in [2.24, 2.45) is 5.92 Å². The third kappa shape index (κ3) is 3.72. The molecule has 1 saturated heterocycles. The van der Waals surface area contributed by atoms with Crippen molar-refractivity contribution < 1.29 is 22.9 Å². The van der Waals surface area contributed by atoms with Crippen molar-refractivity contribution in [2.45, 2.75) is 43.0 Å². The summed E-state index contributed by atoms with van der Waals surface area (Å²) in [6, 6.07) is 15.2. The maximum Gasteiger partial charge on any atom is 0.246 e. The number of rotatable bonds is 5. The van der Waals surface area contributed by atoms with Crippen molar-refractivity contribution in [1.29, 1.82) is 0 Å². The molecule has 2 aromatic carbocycles. The summed E-state index contributed by atoms with van der Waals surface area (Å²) in [4.78, 5) is 11.9. The Bertz CT molecular complexity index is 1180. The first-order chi connectivity index (χ1) is 15.2.